The molecule has 7 heteroatoms. The third kappa shape index (κ3) is 1.71. The van der Waals surface area contributed by atoms with Crippen molar-refractivity contribution >= 4 is 12.1 Å². The molecule has 7 nitrogen and oxygen atoms in total. The van der Waals surface area contributed by atoms with Crippen molar-refractivity contribution in [3.63, 3.8) is 0 Å². The second kappa shape index (κ2) is 3.84. The highest BCUT2D eigenvalue weighted by molar-refractivity contribution is 5.87. The van der Waals surface area contributed by atoms with Crippen molar-refractivity contribution in [2.24, 2.45) is 7.05 Å². The minimum atomic E-state index is -0.507. The van der Waals surface area contributed by atoms with Gasteiger partial charge in [0.1, 0.15) is 12.6 Å². The highest BCUT2D eigenvalue weighted by Gasteiger charge is 2.27. The van der Waals surface area contributed by atoms with E-state index in [9.17, 15) is 9.59 Å². The van der Waals surface area contributed by atoms with Gasteiger partial charge in [-0.1, -0.05) is 0 Å². The number of esters is 1. The van der Waals surface area contributed by atoms with Gasteiger partial charge in [-0.3, -0.25) is 4.68 Å². The summed E-state index contributed by atoms with van der Waals surface area (Å²) in [4.78, 5) is 22.1. The first-order valence-electron chi connectivity index (χ1n) is 4.67. The van der Waals surface area contributed by atoms with Crippen molar-refractivity contribution in [1.82, 2.24) is 15.1 Å². The summed E-state index contributed by atoms with van der Waals surface area (Å²) in [5.41, 5.74) is 0.910. The Morgan fingerprint density at radius 1 is 1.75 bits per heavy atom. The Hall–Kier alpha value is -2.05. The van der Waals surface area contributed by atoms with E-state index in [2.05, 4.69) is 15.2 Å². The Labute approximate surface area is 91.3 Å². The summed E-state index contributed by atoms with van der Waals surface area (Å²) in [5.74, 6) is -0.507. The van der Waals surface area contributed by atoms with Crippen molar-refractivity contribution in [3.8, 4) is 0 Å². The lowest BCUT2D eigenvalue weighted by Gasteiger charge is -2.06. The molecule has 1 atom stereocenters. The molecule has 16 heavy (non-hydrogen) atoms. The Kier molecular flexibility index (Phi) is 2.51. The number of carbonyl (C=O) groups is 2. The summed E-state index contributed by atoms with van der Waals surface area (Å²) in [6.07, 6.45) is -0.467. The first-order chi connectivity index (χ1) is 7.61. The number of aromatic nitrogens is 2. The summed E-state index contributed by atoms with van der Waals surface area (Å²) in [6.45, 7) is 0.235. The summed E-state index contributed by atoms with van der Waals surface area (Å²) in [5, 5.41) is 6.59. The van der Waals surface area contributed by atoms with Gasteiger partial charge in [-0.25, -0.2) is 9.59 Å². The summed E-state index contributed by atoms with van der Waals surface area (Å²) in [7, 11) is 2.98. The largest absolute Gasteiger partial charge is 0.464 e. The fourth-order valence-corrected chi connectivity index (χ4v) is 1.56. The smallest absolute Gasteiger partial charge is 0.407 e. The molecule has 0 radical (unpaired) electrons. The van der Waals surface area contributed by atoms with Crippen molar-refractivity contribution in [2.75, 3.05) is 13.7 Å². The maximum Gasteiger partial charge on any atom is 0.407 e. The first-order valence-corrected chi connectivity index (χ1v) is 4.67. The third-order valence-electron chi connectivity index (χ3n) is 2.34. The van der Waals surface area contributed by atoms with E-state index in [1.807, 2.05) is 0 Å². The number of cyclic esters (lactones) is 1. The lowest BCUT2D eigenvalue weighted by Crippen LogP contribution is -2.20. The number of carbonyl (C=O) groups excluding carboxylic acids is 2. The quantitative estimate of drug-likeness (QED) is 0.715. The van der Waals surface area contributed by atoms with Gasteiger partial charge in [0.2, 0.25) is 0 Å². The van der Waals surface area contributed by atoms with Gasteiger partial charge in [0.15, 0.2) is 5.69 Å². The molecule has 0 aliphatic carbocycles. The minimum Gasteiger partial charge on any atom is -0.464 e. The summed E-state index contributed by atoms with van der Waals surface area (Å²) >= 11 is 0. The lowest BCUT2D eigenvalue weighted by atomic mass is 10.2. The van der Waals surface area contributed by atoms with Gasteiger partial charge in [0, 0.05) is 7.05 Å². The van der Waals surface area contributed by atoms with Gasteiger partial charge < -0.3 is 14.8 Å². The molecule has 1 amide bonds. The number of aryl methyl sites for hydroxylation is 1. The zero-order valence-electron chi connectivity index (χ0n) is 8.89. The molecule has 1 aromatic heterocycles. The number of amides is 1. The van der Waals surface area contributed by atoms with Crippen LogP contribution in [0.2, 0.25) is 0 Å². The zero-order chi connectivity index (χ0) is 11.7. The van der Waals surface area contributed by atoms with E-state index >= 15 is 0 Å². The van der Waals surface area contributed by atoms with Crippen LogP contribution in [0.15, 0.2) is 6.07 Å². The van der Waals surface area contributed by atoms with E-state index < -0.39 is 12.1 Å². The summed E-state index contributed by atoms with van der Waals surface area (Å²) in [6, 6.07) is 1.30. The predicted octanol–water partition coefficient (Wildman–Crippen LogP) is -0.0124. The molecule has 1 fully saturated rings. The molecule has 1 saturated heterocycles. The standard InChI is InChI=1S/C9H11N3O4/c1-12-7(6-4-16-9(14)10-6)3-5(11-12)8(13)15-2/h3,6H,4H2,1-2H3,(H,10,14). The first kappa shape index (κ1) is 10.5. The van der Waals surface area contributed by atoms with Crippen molar-refractivity contribution in [2.45, 2.75) is 6.04 Å². The minimum absolute atomic E-state index is 0.209. The molecule has 1 aliphatic rings. The van der Waals surface area contributed by atoms with E-state index in [0.29, 0.717) is 5.69 Å². The molecule has 0 saturated carbocycles. The Morgan fingerprint density at radius 3 is 3.06 bits per heavy atom. The van der Waals surface area contributed by atoms with Crippen LogP contribution < -0.4 is 5.32 Å². The van der Waals surface area contributed by atoms with Gasteiger partial charge in [-0.15, -0.1) is 0 Å². The number of hydrogen-bond donors (Lipinski definition) is 1. The van der Waals surface area contributed by atoms with E-state index in [-0.39, 0.29) is 18.3 Å². The fourth-order valence-electron chi connectivity index (χ4n) is 1.56. The highest BCUT2D eigenvalue weighted by atomic mass is 16.6. The molecule has 2 rings (SSSR count). The monoisotopic (exact) mass is 225 g/mol. The van der Waals surface area contributed by atoms with Crippen molar-refractivity contribution in [1.29, 1.82) is 0 Å². The Bertz CT molecular complexity index is 440. The van der Waals surface area contributed by atoms with E-state index in [0.717, 1.165) is 0 Å². The topological polar surface area (TPSA) is 82.5 Å². The molecule has 2 heterocycles. The van der Waals surface area contributed by atoms with E-state index in [1.165, 1.54) is 11.8 Å². The number of alkyl carbamates (subject to hydrolysis) is 1. The third-order valence-corrected chi connectivity index (χ3v) is 2.34. The number of nitrogens with zero attached hydrogens (tertiary/aromatic N) is 2. The second-order valence-electron chi connectivity index (χ2n) is 3.37. The van der Waals surface area contributed by atoms with Crippen LogP contribution in [0.1, 0.15) is 22.2 Å². The summed E-state index contributed by atoms with van der Waals surface area (Å²) < 4.78 is 10.8. The molecular weight excluding hydrogens is 214 g/mol. The maximum atomic E-state index is 11.2. The van der Waals surface area contributed by atoms with Crippen LogP contribution in [0.25, 0.3) is 0 Å². The van der Waals surface area contributed by atoms with Crippen molar-refractivity contribution in [3.05, 3.63) is 17.5 Å². The average Bonchev–Trinajstić information content (AvgIpc) is 2.83. The number of ether oxygens (including phenoxy) is 2. The zero-order valence-corrected chi connectivity index (χ0v) is 8.89. The number of methoxy groups -OCH3 is 1. The van der Waals surface area contributed by atoms with Crippen LogP contribution in [0.5, 0.6) is 0 Å². The van der Waals surface area contributed by atoms with Crippen LogP contribution in [0, 0.1) is 0 Å². The molecule has 1 aliphatic heterocycles. The second-order valence-corrected chi connectivity index (χ2v) is 3.37. The van der Waals surface area contributed by atoms with Crippen molar-refractivity contribution < 1.29 is 19.1 Å². The van der Waals surface area contributed by atoms with E-state index in [4.69, 9.17) is 4.74 Å². The van der Waals surface area contributed by atoms with Crippen LogP contribution in [0.3, 0.4) is 0 Å². The highest BCUT2D eigenvalue weighted by Crippen LogP contribution is 2.18. The molecule has 1 aromatic rings. The molecule has 0 aromatic carbocycles. The molecule has 1 unspecified atom stereocenters. The fraction of sp³-hybridized carbons (Fsp3) is 0.444. The van der Waals surface area contributed by atoms with Gasteiger partial charge in [0.25, 0.3) is 0 Å². The SMILES string of the molecule is COC(=O)c1cc(C2COC(=O)N2)n(C)n1. The predicted molar refractivity (Wildman–Crippen MR) is 51.8 cm³/mol. The van der Waals surface area contributed by atoms with Crippen LogP contribution in [0.4, 0.5) is 4.79 Å². The van der Waals surface area contributed by atoms with Gasteiger partial charge in [-0.2, -0.15) is 5.10 Å². The van der Waals surface area contributed by atoms with Crippen LogP contribution in [-0.2, 0) is 16.5 Å². The normalized spacial score (nSPS) is 19.1. The van der Waals surface area contributed by atoms with Gasteiger partial charge >= 0.3 is 12.1 Å². The van der Waals surface area contributed by atoms with Crippen LogP contribution >= 0.6 is 0 Å². The number of nitrogens with one attached hydrogen (secondary N) is 1. The maximum absolute atomic E-state index is 11.2. The molecular formula is C9H11N3O4. The molecule has 86 valence electrons. The Balaban J connectivity index is 2.25. The molecule has 0 spiro atoms. The average molecular weight is 225 g/mol. The Morgan fingerprint density at radius 2 is 2.50 bits per heavy atom. The van der Waals surface area contributed by atoms with Gasteiger partial charge in [0.05, 0.1) is 12.8 Å². The molecule has 1 N–H and O–H groups in total. The van der Waals surface area contributed by atoms with Crippen LogP contribution in [-0.4, -0.2) is 35.6 Å². The van der Waals surface area contributed by atoms with E-state index in [1.54, 1.807) is 13.1 Å². The number of hydrogen-bond acceptors (Lipinski definition) is 5. The lowest BCUT2D eigenvalue weighted by molar-refractivity contribution is 0.0593. The number of rotatable bonds is 2. The molecule has 0 bridgehead atoms. The van der Waals surface area contributed by atoms with Gasteiger partial charge in [-0.05, 0) is 6.07 Å².